The number of pyridine rings is 1. The Hall–Kier alpha value is -2.74. The molecule has 0 unspecified atom stereocenters. The Morgan fingerprint density at radius 3 is 2.74 bits per heavy atom. The van der Waals surface area contributed by atoms with Crippen molar-refractivity contribution < 1.29 is 9.18 Å². The van der Waals surface area contributed by atoms with Gasteiger partial charge in [-0.2, -0.15) is 4.98 Å². The lowest BCUT2D eigenvalue weighted by Crippen LogP contribution is -2.20. The van der Waals surface area contributed by atoms with Crippen molar-refractivity contribution in [2.24, 2.45) is 0 Å². The summed E-state index contributed by atoms with van der Waals surface area (Å²) in [7, 11) is 0. The van der Waals surface area contributed by atoms with Crippen LogP contribution in [0.15, 0.2) is 58.6 Å². The number of amides is 1. The van der Waals surface area contributed by atoms with E-state index in [1.165, 1.54) is 28.7 Å². The van der Waals surface area contributed by atoms with Crippen molar-refractivity contribution in [2.75, 3.05) is 11.1 Å². The fourth-order valence-corrected chi connectivity index (χ4v) is 2.50. The van der Waals surface area contributed by atoms with Gasteiger partial charge in [-0.25, -0.2) is 14.2 Å². The summed E-state index contributed by atoms with van der Waals surface area (Å²) >= 11 is 1.06. The molecule has 1 amide bonds. The predicted molar refractivity (Wildman–Crippen MR) is 85.0 cm³/mol. The van der Waals surface area contributed by atoms with Gasteiger partial charge in [0.1, 0.15) is 11.5 Å². The fraction of sp³-hybridized carbons (Fsp3) is 0.0667. The third-order valence-electron chi connectivity index (χ3n) is 2.91. The summed E-state index contributed by atoms with van der Waals surface area (Å²) in [5.74, 6) is -0.624. The molecule has 8 heteroatoms. The van der Waals surface area contributed by atoms with Crippen LogP contribution in [0, 0.1) is 5.82 Å². The average Bonchev–Trinajstić information content (AvgIpc) is 2.55. The van der Waals surface area contributed by atoms with Crippen molar-refractivity contribution in [1.82, 2.24) is 14.4 Å². The summed E-state index contributed by atoms with van der Waals surface area (Å²) in [6.45, 7) is 0. The van der Waals surface area contributed by atoms with Gasteiger partial charge in [-0.05, 0) is 36.4 Å². The van der Waals surface area contributed by atoms with E-state index in [1.54, 1.807) is 24.4 Å². The van der Waals surface area contributed by atoms with Gasteiger partial charge in [0, 0.05) is 11.9 Å². The highest BCUT2D eigenvalue weighted by Gasteiger charge is 2.08. The molecular formula is C15H11FN4O2S. The van der Waals surface area contributed by atoms with E-state index < -0.39 is 5.69 Å². The monoisotopic (exact) mass is 330 g/mol. The first-order chi connectivity index (χ1) is 11.1. The Kier molecular flexibility index (Phi) is 4.33. The first-order valence-corrected chi connectivity index (χ1v) is 7.64. The molecule has 2 heterocycles. The molecule has 116 valence electrons. The van der Waals surface area contributed by atoms with Crippen LogP contribution in [0.2, 0.25) is 0 Å². The summed E-state index contributed by atoms with van der Waals surface area (Å²) in [4.78, 5) is 31.7. The molecule has 0 bridgehead atoms. The molecule has 0 aliphatic rings. The highest BCUT2D eigenvalue weighted by atomic mass is 32.2. The second-order valence-corrected chi connectivity index (χ2v) is 5.50. The van der Waals surface area contributed by atoms with Gasteiger partial charge < -0.3 is 5.32 Å². The predicted octanol–water partition coefficient (Wildman–Crippen LogP) is 1.96. The molecule has 0 atom stereocenters. The molecule has 3 rings (SSSR count). The Balaban J connectivity index is 1.67. The minimum Gasteiger partial charge on any atom is -0.325 e. The van der Waals surface area contributed by atoms with Crippen LogP contribution in [0.1, 0.15) is 0 Å². The van der Waals surface area contributed by atoms with E-state index in [0.717, 1.165) is 11.8 Å². The Morgan fingerprint density at radius 2 is 1.96 bits per heavy atom. The highest BCUT2D eigenvalue weighted by Crippen LogP contribution is 2.13. The standard InChI is InChI=1S/C15H11FN4O2S/c16-10-4-6-11(7-5-10)17-13(21)9-23-14-18-12-3-1-2-8-20(12)15(22)19-14/h1-8H,9H2,(H,17,21). The van der Waals surface area contributed by atoms with Crippen LogP contribution in [0.4, 0.5) is 10.1 Å². The number of aromatic nitrogens is 3. The van der Waals surface area contributed by atoms with Crippen molar-refractivity contribution in [3.05, 3.63) is 65.0 Å². The van der Waals surface area contributed by atoms with Crippen molar-refractivity contribution in [3.63, 3.8) is 0 Å². The van der Waals surface area contributed by atoms with Gasteiger partial charge in [0.2, 0.25) is 5.91 Å². The largest absolute Gasteiger partial charge is 0.355 e. The maximum absolute atomic E-state index is 12.8. The maximum Gasteiger partial charge on any atom is 0.355 e. The molecule has 0 aliphatic heterocycles. The van der Waals surface area contributed by atoms with E-state index in [9.17, 15) is 14.0 Å². The number of rotatable bonds is 4. The first kappa shape index (κ1) is 15.2. The average molecular weight is 330 g/mol. The molecular weight excluding hydrogens is 319 g/mol. The number of nitrogens with zero attached hydrogens (tertiary/aromatic N) is 3. The van der Waals surface area contributed by atoms with Gasteiger partial charge in [0.15, 0.2) is 5.16 Å². The number of nitrogens with one attached hydrogen (secondary N) is 1. The van der Waals surface area contributed by atoms with Gasteiger partial charge in [-0.15, -0.1) is 0 Å². The van der Waals surface area contributed by atoms with Crippen molar-refractivity contribution in [2.45, 2.75) is 5.16 Å². The summed E-state index contributed by atoms with van der Waals surface area (Å²) in [5, 5.41) is 2.86. The molecule has 0 saturated carbocycles. The zero-order chi connectivity index (χ0) is 16.2. The second-order valence-electron chi connectivity index (χ2n) is 4.56. The summed E-state index contributed by atoms with van der Waals surface area (Å²) in [6.07, 6.45) is 1.58. The van der Waals surface area contributed by atoms with Crippen molar-refractivity contribution in [3.8, 4) is 0 Å². The number of benzene rings is 1. The SMILES string of the molecule is O=C(CSc1nc(=O)n2ccccc2n1)Nc1ccc(F)cc1. The van der Waals surface area contributed by atoms with Gasteiger partial charge >= 0.3 is 5.69 Å². The lowest BCUT2D eigenvalue weighted by Gasteiger charge is -2.05. The van der Waals surface area contributed by atoms with Gasteiger partial charge in [0.05, 0.1) is 5.75 Å². The molecule has 1 N–H and O–H groups in total. The number of fused-ring (bicyclic) bond motifs is 1. The second kappa shape index (κ2) is 6.57. The van der Waals surface area contributed by atoms with Crippen LogP contribution in [0.3, 0.4) is 0 Å². The van der Waals surface area contributed by atoms with Crippen LogP contribution in [-0.4, -0.2) is 26.0 Å². The zero-order valence-corrected chi connectivity index (χ0v) is 12.6. The lowest BCUT2D eigenvalue weighted by atomic mass is 10.3. The fourth-order valence-electron chi connectivity index (χ4n) is 1.87. The molecule has 0 saturated heterocycles. The molecule has 0 radical (unpaired) electrons. The van der Waals surface area contributed by atoms with Crippen LogP contribution in [0.25, 0.3) is 5.65 Å². The highest BCUT2D eigenvalue weighted by molar-refractivity contribution is 7.99. The number of halogens is 1. The number of thioether (sulfide) groups is 1. The van der Waals surface area contributed by atoms with E-state index >= 15 is 0 Å². The summed E-state index contributed by atoms with van der Waals surface area (Å²) in [5.41, 5.74) is 0.516. The Labute approximate surface area is 134 Å². The number of hydrogen-bond donors (Lipinski definition) is 1. The number of carbonyl (C=O) groups is 1. The van der Waals surface area contributed by atoms with E-state index in [4.69, 9.17) is 0 Å². The molecule has 0 aliphatic carbocycles. The van der Waals surface area contributed by atoms with E-state index in [1.807, 2.05) is 0 Å². The number of hydrogen-bond acceptors (Lipinski definition) is 5. The van der Waals surface area contributed by atoms with Crippen LogP contribution >= 0.6 is 11.8 Å². The minimum atomic E-state index is -0.447. The van der Waals surface area contributed by atoms with E-state index in [-0.39, 0.29) is 22.6 Å². The van der Waals surface area contributed by atoms with Gasteiger partial charge in [-0.1, -0.05) is 17.8 Å². The van der Waals surface area contributed by atoms with Gasteiger partial charge in [-0.3, -0.25) is 9.20 Å². The third-order valence-corrected chi connectivity index (χ3v) is 3.75. The van der Waals surface area contributed by atoms with Crippen molar-refractivity contribution in [1.29, 1.82) is 0 Å². The lowest BCUT2D eigenvalue weighted by molar-refractivity contribution is -0.113. The van der Waals surface area contributed by atoms with Crippen LogP contribution < -0.4 is 11.0 Å². The third kappa shape index (κ3) is 3.72. The molecule has 6 nitrogen and oxygen atoms in total. The van der Waals surface area contributed by atoms with Crippen LogP contribution in [-0.2, 0) is 4.79 Å². The topological polar surface area (TPSA) is 76.4 Å². The van der Waals surface area contributed by atoms with Gasteiger partial charge in [0.25, 0.3) is 0 Å². The minimum absolute atomic E-state index is 0.0415. The van der Waals surface area contributed by atoms with E-state index in [2.05, 4.69) is 15.3 Å². The quantitative estimate of drug-likeness (QED) is 0.740. The Morgan fingerprint density at radius 1 is 1.17 bits per heavy atom. The molecule has 2 aromatic heterocycles. The molecule has 1 aromatic carbocycles. The smallest absolute Gasteiger partial charge is 0.325 e. The molecule has 23 heavy (non-hydrogen) atoms. The maximum atomic E-state index is 12.8. The van der Waals surface area contributed by atoms with Crippen molar-refractivity contribution >= 4 is 29.0 Å². The first-order valence-electron chi connectivity index (χ1n) is 6.65. The van der Waals surface area contributed by atoms with Crippen LogP contribution in [0.5, 0.6) is 0 Å². The number of anilines is 1. The molecule has 0 spiro atoms. The molecule has 3 aromatic rings. The summed E-state index contributed by atoms with van der Waals surface area (Å²) in [6, 6.07) is 10.6. The zero-order valence-electron chi connectivity index (χ0n) is 11.8. The molecule has 0 fully saturated rings. The normalized spacial score (nSPS) is 10.7. The number of carbonyl (C=O) groups excluding carboxylic acids is 1. The van der Waals surface area contributed by atoms with E-state index in [0.29, 0.717) is 11.3 Å². The Bertz CT molecular complexity index is 911. The summed E-state index contributed by atoms with van der Waals surface area (Å²) < 4.78 is 14.1.